The van der Waals surface area contributed by atoms with Crippen LogP contribution in [0.25, 0.3) is 0 Å². The summed E-state index contributed by atoms with van der Waals surface area (Å²) < 4.78 is 33.0. The zero-order valence-electron chi connectivity index (χ0n) is 13.6. The van der Waals surface area contributed by atoms with Crippen molar-refractivity contribution < 1.29 is 13.2 Å². The third kappa shape index (κ3) is 3.80. The molecule has 1 fully saturated rings. The quantitative estimate of drug-likeness (QED) is 0.825. The number of aromatic nitrogens is 2. The molecule has 1 saturated heterocycles. The number of aryl methyl sites for hydroxylation is 2. The van der Waals surface area contributed by atoms with Crippen LogP contribution in [0.2, 0.25) is 0 Å². The monoisotopic (exact) mass is 347 g/mol. The van der Waals surface area contributed by atoms with E-state index in [1.165, 1.54) is 10.6 Å². The zero-order chi connectivity index (χ0) is 17.0. The second-order valence-electron chi connectivity index (χ2n) is 5.86. The van der Waals surface area contributed by atoms with Crippen LogP contribution in [0.1, 0.15) is 17.7 Å². The highest BCUT2D eigenvalue weighted by molar-refractivity contribution is 7.89. The van der Waals surface area contributed by atoms with Crippen molar-refractivity contribution in [2.24, 2.45) is 0 Å². The lowest BCUT2D eigenvalue weighted by Gasteiger charge is -2.32. The fourth-order valence-corrected chi connectivity index (χ4v) is 4.53. The van der Waals surface area contributed by atoms with Gasteiger partial charge < -0.3 is 4.74 Å². The lowest BCUT2D eigenvalue weighted by Crippen LogP contribution is -2.45. The van der Waals surface area contributed by atoms with Gasteiger partial charge in [0.1, 0.15) is 6.33 Å². The van der Waals surface area contributed by atoms with Crippen LogP contribution >= 0.6 is 0 Å². The molecule has 0 bridgehead atoms. The van der Waals surface area contributed by atoms with Crippen LogP contribution in [0.5, 0.6) is 0 Å². The number of nitrogens with zero attached hydrogens (tertiary/aromatic N) is 3. The minimum atomic E-state index is -3.48. The van der Waals surface area contributed by atoms with Crippen molar-refractivity contribution in [3.63, 3.8) is 0 Å². The first-order valence-corrected chi connectivity index (χ1v) is 9.43. The Balaban J connectivity index is 1.68. The Kier molecular flexibility index (Phi) is 5.23. The molecule has 1 unspecified atom stereocenters. The van der Waals surface area contributed by atoms with Gasteiger partial charge in [0.05, 0.1) is 17.6 Å². The Labute approximate surface area is 142 Å². The summed E-state index contributed by atoms with van der Waals surface area (Å²) in [6, 6.07) is 8.95. The lowest BCUT2D eigenvalue weighted by molar-refractivity contribution is -0.00539. The molecule has 1 aliphatic heterocycles. The van der Waals surface area contributed by atoms with Crippen molar-refractivity contribution >= 4 is 10.0 Å². The maximum Gasteiger partial charge on any atom is 0.243 e. The fraction of sp³-hybridized carbons (Fsp3) is 0.412. The first-order chi connectivity index (χ1) is 11.6. The van der Waals surface area contributed by atoms with Crippen LogP contribution in [0.4, 0.5) is 0 Å². The Morgan fingerprint density at radius 3 is 2.88 bits per heavy atom. The SMILES string of the molecule is Cc1ccccc1S(=O)(=O)N1CCOC(CCc2ccncn2)C1. The summed E-state index contributed by atoms with van der Waals surface area (Å²) in [4.78, 5) is 8.46. The molecule has 1 aliphatic rings. The standard InChI is InChI=1S/C17H21N3O3S/c1-14-4-2-3-5-17(14)24(21,22)20-10-11-23-16(12-20)7-6-15-8-9-18-13-19-15/h2-5,8-9,13,16H,6-7,10-12H2,1H3. The smallest absolute Gasteiger partial charge is 0.243 e. The van der Waals surface area contributed by atoms with E-state index in [0.717, 1.165) is 24.1 Å². The minimum absolute atomic E-state index is 0.118. The number of benzene rings is 1. The number of ether oxygens (including phenoxy) is 1. The summed E-state index contributed by atoms with van der Waals surface area (Å²) in [5, 5.41) is 0. The Bertz CT molecular complexity index is 781. The van der Waals surface area contributed by atoms with Gasteiger partial charge in [-0.15, -0.1) is 0 Å². The van der Waals surface area contributed by atoms with E-state index in [-0.39, 0.29) is 6.10 Å². The van der Waals surface area contributed by atoms with Gasteiger partial charge in [0, 0.05) is 25.0 Å². The summed E-state index contributed by atoms with van der Waals surface area (Å²) in [6.07, 6.45) is 4.58. The molecule has 0 spiro atoms. The summed E-state index contributed by atoms with van der Waals surface area (Å²) >= 11 is 0. The van der Waals surface area contributed by atoms with E-state index in [4.69, 9.17) is 4.74 Å². The predicted molar refractivity (Wildman–Crippen MR) is 90.0 cm³/mol. The number of rotatable bonds is 5. The van der Waals surface area contributed by atoms with E-state index in [1.807, 2.05) is 25.1 Å². The third-order valence-electron chi connectivity index (χ3n) is 4.18. The highest BCUT2D eigenvalue weighted by atomic mass is 32.2. The van der Waals surface area contributed by atoms with Crippen LogP contribution in [-0.2, 0) is 21.2 Å². The van der Waals surface area contributed by atoms with Crippen LogP contribution < -0.4 is 0 Å². The molecule has 1 atom stereocenters. The van der Waals surface area contributed by atoms with E-state index in [2.05, 4.69) is 9.97 Å². The molecule has 6 nitrogen and oxygen atoms in total. The first-order valence-electron chi connectivity index (χ1n) is 7.99. The molecule has 0 aliphatic carbocycles. The van der Waals surface area contributed by atoms with Gasteiger partial charge in [0.15, 0.2) is 0 Å². The molecule has 7 heteroatoms. The van der Waals surface area contributed by atoms with Gasteiger partial charge in [0.2, 0.25) is 10.0 Å². The maximum absolute atomic E-state index is 12.9. The van der Waals surface area contributed by atoms with E-state index >= 15 is 0 Å². The second-order valence-corrected chi connectivity index (χ2v) is 7.77. The Morgan fingerprint density at radius 1 is 1.29 bits per heavy atom. The highest BCUT2D eigenvalue weighted by Crippen LogP contribution is 2.22. The average Bonchev–Trinajstić information content (AvgIpc) is 2.61. The molecule has 0 saturated carbocycles. The normalized spacial score (nSPS) is 19.3. The van der Waals surface area contributed by atoms with Crippen LogP contribution in [0.3, 0.4) is 0 Å². The number of hydrogen-bond acceptors (Lipinski definition) is 5. The Morgan fingerprint density at radius 2 is 2.12 bits per heavy atom. The number of morpholine rings is 1. The molecule has 1 aromatic carbocycles. The van der Waals surface area contributed by atoms with Crippen molar-refractivity contribution in [2.75, 3.05) is 19.7 Å². The second kappa shape index (κ2) is 7.38. The molecular formula is C17H21N3O3S. The van der Waals surface area contributed by atoms with Gasteiger partial charge in [-0.1, -0.05) is 18.2 Å². The van der Waals surface area contributed by atoms with E-state index < -0.39 is 10.0 Å². The van der Waals surface area contributed by atoms with Crippen LogP contribution in [0.15, 0.2) is 47.8 Å². The van der Waals surface area contributed by atoms with E-state index in [9.17, 15) is 8.42 Å². The fourth-order valence-electron chi connectivity index (χ4n) is 2.85. The third-order valence-corrected chi connectivity index (χ3v) is 6.20. The van der Waals surface area contributed by atoms with Crippen LogP contribution in [-0.4, -0.2) is 48.5 Å². The molecular weight excluding hydrogens is 326 g/mol. The van der Waals surface area contributed by atoms with Gasteiger partial charge in [-0.3, -0.25) is 0 Å². The van der Waals surface area contributed by atoms with Gasteiger partial charge in [-0.25, -0.2) is 18.4 Å². The lowest BCUT2D eigenvalue weighted by atomic mass is 10.1. The molecule has 128 valence electrons. The van der Waals surface area contributed by atoms with E-state index in [0.29, 0.717) is 24.6 Å². The topological polar surface area (TPSA) is 72.4 Å². The average molecular weight is 347 g/mol. The van der Waals surface area contributed by atoms with Crippen LogP contribution in [0, 0.1) is 6.92 Å². The number of hydrogen-bond donors (Lipinski definition) is 0. The van der Waals surface area contributed by atoms with Crippen molar-refractivity contribution in [1.29, 1.82) is 0 Å². The van der Waals surface area contributed by atoms with Gasteiger partial charge in [-0.05, 0) is 37.5 Å². The molecule has 2 heterocycles. The van der Waals surface area contributed by atoms with Crippen molar-refractivity contribution in [3.05, 3.63) is 54.1 Å². The zero-order valence-corrected chi connectivity index (χ0v) is 14.4. The largest absolute Gasteiger partial charge is 0.375 e. The number of sulfonamides is 1. The minimum Gasteiger partial charge on any atom is -0.375 e. The van der Waals surface area contributed by atoms with E-state index in [1.54, 1.807) is 18.3 Å². The maximum atomic E-state index is 12.9. The summed E-state index contributed by atoms with van der Waals surface area (Å²) in [5.41, 5.74) is 1.70. The molecule has 0 N–H and O–H groups in total. The molecule has 0 amide bonds. The molecule has 0 radical (unpaired) electrons. The van der Waals surface area contributed by atoms with Gasteiger partial charge >= 0.3 is 0 Å². The first kappa shape index (κ1) is 17.0. The van der Waals surface area contributed by atoms with Crippen molar-refractivity contribution in [1.82, 2.24) is 14.3 Å². The van der Waals surface area contributed by atoms with Gasteiger partial charge in [-0.2, -0.15) is 4.31 Å². The summed E-state index contributed by atoms with van der Waals surface area (Å²) in [7, 11) is -3.48. The molecule has 2 aromatic rings. The molecule has 1 aromatic heterocycles. The Hall–Kier alpha value is -1.83. The van der Waals surface area contributed by atoms with Crippen molar-refractivity contribution in [2.45, 2.75) is 30.8 Å². The molecule has 3 rings (SSSR count). The molecule has 24 heavy (non-hydrogen) atoms. The summed E-state index contributed by atoms with van der Waals surface area (Å²) in [6.45, 7) is 3.00. The summed E-state index contributed by atoms with van der Waals surface area (Å²) in [5.74, 6) is 0. The predicted octanol–water partition coefficient (Wildman–Crippen LogP) is 1.81. The highest BCUT2D eigenvalue weighted by Gasteiger charge is 2.31. The van der Waals surface area contributed by atoms with Crippen molar-refractivity contribution in [3.8, 4) is 0 Å². The van der Waals surface area contributed by atoms with Gasteiger partial charge in [0.25, 0.3) is 0 Å².